The average molecular weight is 305 g/mol. The van der Waals surface area contributed by atoms with Crippen molar-refractivity contribution in [1.29, 1.82) is 0 Å². The molecule has 0 saturated carbocycles. The Hall–Kier alpha value is -2.16. The Morgan fingerprint density at radius 3 is 2.43 bits per heavy atom. The zero-order valence-corrected chi connectivity index (χ0v) is 11.1. The summed E-state index contributed by atoms with van der Waals surface area (Å²) in [6, 6.07) is 1.12. The largest absolute Gasteiger partial charge is 0.417 e. The molecule has 0 aliphatic carbocycles. The van der Waals surface area contributed by atoms with E-state index in [0.29, 0.717) is 12.6 Å². The minimum absolute atomic E-state index is 0.180. The first-order valence-electron chi connectivity index (χ1n) is 6.03. The summed E-state index contributed by atoms with van der Waals surface area (Å²) in [6.07, 6.45) is -3.55. The molecule has 1 atom stereocenters. The van der Waals surface area contributed by atoms with Crippen molar-refractivity contribution in [3.05, 3.63) is 23.9 Å². The molecule has 0 aliphatic heterocycles. The van der Waals surface area contributed by atoms with Crippen LogP contribution in [0.5, 0.6) is 0 Å². The van der Waals surface area contributed by atoms with Crippen LogP contribution >= 0.6 is 0 Å². The fourth-order valence-corrected chi connectivity index (χ4v) is 1.34. The van der Waals surface area contributed by atoms with Gasteiger partial charge in [-0.3, -0.25) is 9.59 Å². The fraction of sp³-hybridized carbons (Fsp3) is 0.417. The molecule has 1 rings (SSSR count). The van der Waals surface area contributed by atoms with Gasteiger partial charge >= 0.3 is 18.0 Å². The van der Waals surface area contributed by atoms with Crippen molar-refractivity contribution in [2.45, 2.75) is 25.6 Å². The minimum Gasteiger partial charge on any atom is -0.394 e. The van der Waals surface area contributed by atoms with Gasteiger partial charge in [0.05, 0.1) is 18.2 Å². The van der Waals surface area contributed by atoms with E-state index in [2.05, 4.69) is 15.6 Å². The van der Waals surface area contributed by atoms with Gasteiger partial charge in [0, 0.05) is 6.20 Å². The van der Waals surface area contributed by atoms with Crippen molar-refractivity contribution >= 4 is 17.6 Å². The van der Waals surface area contributed by atoms with Crippen LogP contribution in [0.2, 0.25) is 0 Å². The van der Waals surface area contributed by atoms with E-state index in [9.17, 15) is 22.8 Å². The third-order valence-electron chi connectivity index (χ3n) is 2.59. The first-order chi connectivity index (χ1) is 9.77. The van der Waals surface area contributed by atoms with E-state index in [0.717, 1.165) is 12.1 Å². The van der Waals surface area contributed by atoms with Crippen LogP contribution in [-0.2, 0) is 15.8 Å². The number of halogens is 3. The van der Waals surface area contributed by atoms with Gasteiger partial charge in [0.1, 0.15) is 5.82 Å². The summed E-state index contributed by atoms with van der Waals surface area (Å²) >= 11 is 0. The third-order valence-corrected chi connectivity index (χ3v) is 2.59. The summed E-state index contributed by atoms with van der Waals surface area (Å²) in [4.78, 5) is 26.4. The molecule has 1 heterocycles. The van der Waals surface area contributed by atoms with Crippen LogP contribution in [0.1, 0.15) is 18.9 Å². The molecular weight excluding hydrogens is 291 g/mol. The van der Waals surface area contributed by atoms with Gasteiger partial charge in [-0.2, -0.15) is 13.2 Å². The van der Waals surface area contributed by atoms with Gasteiger partial charge in [0.2, 0.25) is 0 Å². The van der Waals surface area contributed by atoms with E-state index in [1.54, 1.807) is 6.92 Å². The number of aliphatic hydroxyl groups is 1. The number of aromatic nitrogens is 1. The minimum atomic E-state index is -4.53. The van der Waals surface area contributed by atoms with Crippen molar-refractivity contribution in [3.8, 4) is 0 Å². The van der Waals surface area contributed by atoms with Crippen LogP contribution in [-0.4, -0.2) is 34.6 Å². The number of nitrogens with one attached hydrogen (secondary N) is 2. The zero-order valence-electron chi connectivity index (χ0n) is 11.1. The smallest absolute Gasteiger partial charge is 0.394 e. The number of carbonyl (C=O) groups is 2. The topological polar surface area (TPSA) is 91.3 Å². The van der Waals surface area contributed by atoms with Crippen LogP contribution in [0.15, 0.2) is 18.3 Å². The number of pyridine rings is 1. The summed E-state index contributed by atoms with van der Waals surface area (Å²) in [5, 5.41) is 13.2. The molecule has 0 aliphatic rings. The molecule has 9 heteroatoms. The summed E-state index contributed by atoms with van der Waals surface area (Å²) in [5.41, 5.74) is -0.962. The van der Waals surface area contributed by atoms with Gasteiger partial charge in [-0.15, -0.1) is 0 Å². The highest BCUT2D eigenvalue weighted by Gasteiger charge is 2.30. The predicted molar refractivity (Wildman–Crippen MR) is 67.2 cm³/mol. The van der Waals surface area contributed by atoms with Crippen molar-refractivity contribution in [2.75, 3.05) is 11.9 Å². The van der Waals surface area contributed by atoms with E-state index in [-0.39, 0.29) is 12.4 Å². The summed E-state index contributed by atoms with van der Waals surface area (Å²) in [7, 11) is 0. The van der Waals surface area contributed by atoms with Crippen LogP contribution in [0.4, 0.5) is 19.0 Å². The van der Waals surface area contributed by atoms with Crippen LogP contribution < -0.4 is 10.6 Å². The monoisotopic (exact) mass is 305 g/mol. The highest BCUT2D eigenvalue weighted by molar-refractivity contribution is 6.39. The van der Waals surface area contributed by atoms with Crippen molar-refractivity contribution < 1.29 is 27.9 Å². The molecule has 3 N–H and O–H groups in total. The Bertz CT molecular complexity index is 499. The molecule has 116 valence electrons. The lowest BCUT2D eigenvalue weighted by Crippen LogP contribution is -2.43. The number of nitrogens with zero attached hydrogens (tertiary/aromatic N) is 1. The lowest BCUT2D eigenvalue weighted by atomic mass is 10.2. The third kappa shape index (κ3) is 5.03. The Labute approximate surface area is 118 Å². The number of hydrogen-bond acceptors (Lipinski definition) is 4. The fourth-order valence-electron chi connectivity index (χ4n) is 1.34. The molecule has 0 radical (unpaired) electrons. The Morgan fingerprint density at radius 1 is 1.33 bits per heavy atom. The highest BCUT2D eigenvalue weighted by Crippen LogP contribution is 2.28. The number of aliphatic hydroxyl groups excluding tert-OH is 1. The predicted octanol–water partition coefficient (Wildman–Crippen LogP) is 0.926. The van der Waals surface area contributed by atoms with Crippen molar-refractivity contribution in [1.82, 2.24) is 10.3 Å². The van der Waals surface area contributed by atoms with Crippen molar-refractivity contribution in [3.63, 3.8) is 0 Å². The molecule has 6 nitrogen and oxygen atoms in total. The number of carbonyl (C=O) groups excluding carboxylic acids is 2. The average Bonchev–Trinajstić information content (AvgIpc) is 2.44. The second-order valence-corrected chi connectivity index (χ2v) is 4.15. The van der Waals surface area contributed by atoms with Crippen LogP contribution in [0.25, 0.3) is 0 Å². The lowest BCUT2D eigenvalue weighted by molar-refractivity contribution is -0.137. The van der Waals surface area contributed by atoms with Gasteiger partial charge in [-0.25, -0.2) is 4.98 Å². The lowest BCUT2D eigenvalue weighted by Gasteiger charge is -2.13. The molecule has 0 saturated heterocycles. The maximum atomic E-state index is 12.3. The van der Waals surface area contributed by atoms with Gasteiger partial charge in [-0.05, 0) is 18.6 Å². The quantitative estimate of drug-likeness (QED) is 0.722. The molecule has 0 spiro atoms. The van der Waals surface area contributed by atoms with E-state index < -0.39 is 29.6 Å². The second kappa shape index (κ2) is 7.02. The maximum absolute atomic E-state index is 12.3. The summed E-state index contributed by atoms with van der Waals surface area (Å²) < 4.78 is 36.9. The number of anilines is 1. The van der Waals surface area contributed by atoms with E-state index >= 15 is 0 Å². The SMILES string of the molecule is CCC(CO)NC(=O)C(=O)Nc1ccc(C(F)(F)F)cn1. The molecule has 2 amide bonds. The Balaban J connectivity index is 2.64. The number of alkyl halides is 3. The Morgan fingerprint density at radius 2 is 2.00 bits per heavy atom. The summed E-state index contributed by atoms with van der Waals surface area (Å²) in [6.45, 7) is 1.38. The normalized spacial score (nSPS) is 12.6. The Kier molecular flexibility index (Phi) is 5.65. The second-order valence-electron chi connectivity index (χ2n) is 4.15. The van der Waals surface area contributed by atoms with Gasteiger partial charge in [-0.1, -0.05) is 6.92 Å². The molecule has 0 fully saturated rings. The number of rotatable bonds is 4. The number of hydrogen-bond donors (Lipinski definition) is 3. The van der Waals surface area contributed by atoms with E-state index in [1.165, 1.54) is 0 Å². The van der Waals surface area contributed by atoms with E-state index in [1.807, 2.05) is 0 Å². The van der Waals surface area contributed by atoms with Crippen molar-refractivity contribution in [2.24, 2.45) is 0 Å². The standard InChI is InChI=1S/C12H14F3N3O3/c1-2-8(6-19)17-10(20)11(21)18-9-4-3-7(5-16-9)12(13,14)15/h3-5,8,19H,2,6H2,1H3,(H,17,20)(H,16,18,21). The first kappa shape index (κ1) is 16.9. The molecule has 1 unspecified atom stereocenters. The molecular formula is C12H14F3N3O3. The number of amides is 2. The zero-order chi connectivity index (χ0) is 16.0. The maximum Gasteiger partial charge on any atom is 0.417 e. The first-order valence-corrected chi connectivity index (χ1v) is 6.03. The molecule has 1 aromatic heterocycles. The van der Waals surface area contributed by atoms with Crippen LogP contribution in [0, 0.1) is 0 Å². The highest BCUT2D eigenvalue weighted by atomic mass is 19.4. The van der Waals surface area contributed by atoms with Gasteiger partial charge in [0.25, 0.3) is 0 Å². The molecule has 0 bridgehead atoms. The molecule has 1 aromatic rings. The van der Waals surface area contributed by atoms with Gasteiger partial charge in [0.15, 0.2) is 0 Å². The molecule has 21 heavy (non-hydrogen) atoms. The van der Waals surface area contributed by atoms with Gasteiger partial charge < -0.3 is 15.7 Å². The van der Waals surface area contributed by atoms with E-state index in [4.69, 9.17) is 5.11 Å². The summed E-state index contributed by atoms with van der Waals surface area (Å²) in [5.74, 6) is -2.26. The van der Waals surface area contributed by atoms with Crippen LogP contribution in [0.3, 0.4) is 0 Å². The molecule has 0 aromatic carbocycles.